The van der Waals surface area contributed by atoms with E-state index >= 15 is 0 Å². The molecule has 0 aliphatic rings. The van der Waals surface area contributed by atoms with Crippen LogP contribution >= 0.6 is 11.6 Å². The quantitative estimate of drug-likeness (QED) is 0.466. The van der Waals surface area contributed by atoms with E-state index in [0.29, 0.717) is 27.5 Å². The van der Waals surface area contributed by atoms with E-state index in [-0.39, 0.29) is 10.5 Å². The lowest BCUT2D eigenvalue weighted by Gasteiger charge is -2.26. The number of hydrogen-bond donors (Lipinski definition) is 1. The van der Waals surface area contributed by atoms with Gasteiger partial charge in [-0.2, -0.15) is 0 Å². The van der Waals surface area contributed by atoms with Gasteiger partial charge in [-0.1, -0.05) is 41.4 Å². The van der Waals surface area contributed by atoms with Crippen molar-refractivity contribution >= 4 is 44.9 Å². The zero-order chi connectivity index (χ0) is 25.0. The third-order valence-electron chi connectivity index (χ3n) is 5.34. The second-order valence-electron chi connectivity index (χ2n) is 7.78. The van der Waals surface area contributed by atoms with Crippen LogP contribution in [0, 0.1) is 20.8 Å². The number of nitrogens with zero attached hydrogens (tertiary/aromatic N) is 1. The Morgan fingerprint density at radius 1 is 1.00 bits per heavy atom. The lowest BCUT2D eigenvalue weighted by atomic mass is 10.1. The molecule has 0 bridgehead atoms. The first kappa shape index (κ1) is 25.3. The number of ether oxygens (including phenoxy) is 1. The summed E-state index contributed by atoms with van der Waals surface area (Å²) in [5, 5.41) is 3.09. The summed E-state index contributed by atoms with van der Waals surface area (Å²) < 4.78 is 32.9. The third-order valence-corrected chi connectivity index (χ3v) is 7.52. The van der Waals surface area contributed by atoms with Gasteiger partial charge in [0.2, 0.25) is 5.91 Å². The molecule has 0 fully saturated rings. The van der Waals surface area contributed by atoms with Crippen LogP contribution in [0.1, 0.15) is 27.0 Å². The van der Waals surface area contributed by atoms with Crippen molar-refractivity contribution in [1.29, 1.82) is 0 Å². The molecule has 0 aliphatic carbocycles. The van der Waals surface area contributed by atoms with Crippen LogP contribution in [0.15, 0.2) is 65.6 Å². The van der Waals surface area contributed by atoms with E-state index in [1.165, 1.54) is 25.3 Å². The van der Waals surface area contributed by atoms with Crippen LogP contribution in [0.3, 0.4) is 0 Å². The smallest absolute Gasteiger partial charge is 0.337 e. The van der Waals surface area contributed by atoms with Gasteiger partial charge in [-0.05, 0) is 68.3 Å². The largest absolute Gasteiger partial charge is 0.465 e. The monoisotopic (exact) mass is 500 g/mol. The van der Waals surface area contributed by atoms with Crippen LogP contribution in [-0.2, 0) is 19.6 Å². The Kier molecular flexibility index (Phi) is 7.64. The molecule has 0 saturated carbocycles. The van der Waals surface area contributed by atoms with Gasteiger partial charge in [-0.3, -0.25) is 9.10 Å². The lowest BCUT2D eigenvalue weighted by Crippen LogP contribution is -2.38. The predicted octanol–water partition coefficient (Wildman–Crippen LogP) is 4.89. The van der Waals surface area contributed by atoms with E-state index in [4.69, 9.17) is 16.3 Å². The number of aryl methyl sites for hydroxylation is 2. The SMILES string of the molecule is COC(=O)c1ccc(C)c(NC(=O)CN(c2cccc(Cl)c2C)S(=O)(=O)c2ccc(C)cc2)c1. The Morgan fingerprint density at radius 3 is 2.32 bits per heavy atom. The summed E-state index contributed by atoms with van der Waals surface area (Å²) in [6.07, 6.45) is 0. The number of esters is 1. The van der Waals surface area contributed by atoms with Gasteiger partial charge in [0, 0.05) is 10.7 Å². The number of carbonyl (C=O) groups excluding carboxylic acids is 2. The molecule has 0 saturated heterocycles. The molecule has 7 nitrogen and oxygen atoms in total. The summed E-state index contributed by atoms with van der Waals surface area (Å²) in [6.45, 7) is 4.81. The van der Waals surface area contributed by atoms with Crippen molar-refractivity contribution in [1.82, 2.24) is 0 Å². The van der Waals surface area contributed by atoms with Crippen molar-refractivity contribution in [3.05, 3.63) is 87.9 Å². The first-order valence-corrected chi connectivity index (χ1v) is 12.2. The van der Waals surface area contributed by atoms with Crippen molar-refractivity contribution in [2.45, 2.75) is 25.7 Å². The minimum atomic E-state index is -4.09. The Morgan fingerprint density at radius 2 is 1.68 bits per heavy atom. The number of rotatable bonds is 7. The maximum Gasteiger partial charge on any atom is 0.337 e. The Balaban J connectivity index is 2.00. The Hall–Kier alpha value is -3.36. The number of nitrogens with one attached hydrogen (secondary N) is 1. The van der Waals surface area contributed by atoms with Crippen molar-refractivity contribution < 1.29 is 22.7 Å². The number of benzene rings is 3. The molecule has 0 radical (unpaired) electrons. The lowest BCUT2D eigenvalue weighted by molar-refractivity contribution is -0.114. The number of carbonyl (C=O) groups is 2. The average molecular weight is 501 g/mol. The molecule has 0 atom stereocenters. The maximum atomic E-state index is 13.6. The standard InChI is InChI=1S/C25H25ClN2O5S/c1-16-8-12-20(13-9-16)34(31,32)28(23-7-5-6-21(26)18(23)3)15-24(29)27-22-14-19(25(30)33-4)11-10-17(22)2/h5-14H,15H2,1-4H3,(H,27,29). The Labute approximate surface area is 204 Å². The van der Waals surface area contributed by atoms with E-state index in [9.17, 15) is 18.0 Å². The molecule has 0 aliphatic heterocycles. The molecule has 3 aromatic carbocycles. The molecular formula is C25H25ClN2O5S. The highest BCUT2D eigenvalue weighted by Crippen LogP contribution is 2.31. The summed E-state index contributed by atoms with van der Waals surface area (Å²) >= 11 is 6.26. The molecule has 0 spiro atoms. The fraction of sp³-hybridized carbons (Fsp3) is 0.200. The van der Waals surface area contributed by atoms with Gasteiger partial charge in [0.25, 0.3) is 10.0 Å². The fourth-order valence-corrected chi connectivity index (χ4v) is 4.97. The minimum absolute atomic E-state index is 0.0501. The predicted molar refractivity (Wildman–Crippen MR) is 133 cm³/mol. The summed E-state index contributed by atoms with van der Waals surface area (Å²) in [5.41, 5.74) is 3.07. The number of sulfonamides is 1. The average Bonchev–Trinajstić information content (AvgIpc) is 2.80. The van der Waals surface area contributed by atoms with Gasteiger partial charge in [0.15, 0.2) is 0 Å². The van der Waals surface area contributed by atoms with Gasteiger partial charge < -0.3 is 10.1 Å². The summed E-state index contributed by atoms with van der Waals surface area (Å²) in [4.78, 5) is 25.0. The van der Waals surface area contributed by atoms with Crippen molar-refractivity contribution in [2.75, 3.05) is 23.3 Å². The summed E-state index contributed by atoms with van der Waals surface area (Å²) in [7, 11) is -2.83. The summed E-state index contributed by atoms with van der Waals surface area (Å²) in [6, 6.07) is 16.0. The number of methoxy groups -OCH3 is 1. The van der Waals surface area contributed by atoms with E-state index in [0.717, 1.165) is 9.87 Å². The van der Waals surface area contributed by atoms with Crippen molar-refractivity contribution in [3.63, 3.8) is 0 Å². The Bertz CT molecular complexity index is 1340. The van der Waals surface area contributed by atoms with Crippen LogP contribution in [0.2, 0.25) is 5.02 Å². The molecule has 34 heavy (non-hydrogen) atoms. The van der Waals surface area contributed by atoms with Gasteiger partial charge in [-0.25, -0.2) is 13.2 Å². The van der Waals surface area contributed by atoms with Crippen molar-refractivity contribution in [2.24, 2.45) is 0 Å². The van der Waals surface area contributed by atoms with Crippen LogP contribution < -0.4 is 9.62 Å². The fourth-order valence-electron chi connectivity index (χ4n) is 3.33. The van der Waals surface area contributed by atoms with E-state index in [1.807, 2.05) is 6.92 Å². The molecule has 0 unspecified atom stereocenters. The van der Waals surface area contributed by atoms with E-state index in [1.54, 1.807) is 56.3 Å². The zero-order valence-electron chi connectivity index (χ0n) is 19.3. The van der Waals surface area contributed by atoms with Crippen LogP contribution in [0.4, 0.5) is 11.4 Å². The van der Waals surface area contributed by atoms with Crippen LogP contribution in [0.5, 0.6) is 0 Å². The molecule has 0 aromatic heterocycles. The number of halogens is 1. The normalized spacial score (nSPS) is 11.1. The highest BCUT2D eigenvalue weighted by atomic mass is 35.5. The number of hydrogen-bond acceptors (Lipinski definition) is 5. The number of amides is 1. The highest BCUT2D eigenvalue weighted by molar-refractivity contribution is 7.92. The van der Waals surface area contributed by atoms with Crippen molar-refractivity contribution in [3.8, 4) is 0 Å². The molecule has 3 aromatic rings. The molecule has 178 valence electrons. The topological polar surface area (TPSA) is 92.8 Å². The first-order valence-electron chi connectivity index (χ1n) is 10.4. The van der Waals surface area contributed by atoms with E-state index < -0.39 is 28.4 Å². The van der Waals surface area contributed by atoms with Crippen LogP contribution in [-0.4, -0.2) is 33.9 Å². The molecule has 9 heteroatoms. The van der Waals surface area contributed by atoms with Gasteiger partial charge in [0.05, 0.1) is 23.3 Å². The van der Waals surface area contributed by atoms with Gasteiger partial charge in [-0.15, -0.1) is 0 Å². The second kappa shape index (κ2) is 10.3. The minimum Gasteiger partial charge on any atom is -0.465 e. The molecule has 0 heterocycles. The maximum absolute atomic E-state index is 13.6. The molecule has 1 N–H and O–H groups in total. The van der Waals surface area contributed by atoms with Gasteiger partial charge >= 0.3 is 5.97 Å². The molecular weight excluding hydrogens is 476 g/mol. The number of anilines is 2. The zero-order valence-corrected chi connectivity index (χ0v) is 20.8. The van der Waals surface area contributed by atoms with Gasteiger partial charge in [0.1, 0.15) is 6.54 Å². The second-order valence-corrected chi connectivity index (χ2v) is 10.0. The first-order chi connectivity index (χ1) is 16.0. The van der Waals surface area contributed by atoms with Crippen LogP contribution in [0.25, 0.3) is 0 Å². The molecule has 3 rings (SSSR count). The van der Waals surface area contributed by atoms with E-state index in [2.05, 4.69) is 5.32 Å². The molecule has 1 amide bonds. The highest BCUT2D eigenvalue weighted by Gasteiger charge is 2.29. The third kappa shape index (κ3) is 5.40. The summed E-state index contributed by atoms with van der Waals surface area (Å²) in [5.74, 6) is -1.13.